The van der Waals surface area contributed by atoms with Gasteiger partial charge in [-0.2, -0.15) is 0 Å². The summed E-state index contributed by atoms with van der Waals surface area (Å²) in [6.45, 7) is 1.84. The van der Waals surface area contributed by atoms with Crippen molar-refractivity contribution in [3.8, 4) is 5.75 Å². The lowest BCUT2D eigenvalue weighted by Gasteiger charge is -2.68. The average Bonchev–Trinajstić information content (AvgIpc) is 3.26. The minimum atomic E-state index is -0.403. The van der Waals surface area contributed by atoms with Crippen molar-refractivity contribution in [3.05, 3.63) is 57.8 Å². The number of nitrogens with zero attached hydrogens (tertiary/aromatic N) is 3. The van der Waals surface area contributed by atoms with Gasteiger partial charge in [0, 0.05) is 42.5 Å². The fourth-order valence-corrected chi connectivity index (χ4v) is 10.1. The van der Waals surface area contributed by atoms with Crippen LogP contribution in [0.25, 0.3) is 0 Å². The van der Waals surface area contributed by atoms with Crippen LogP contribution < -0.4 is 5.56 Å². The van der Waals surface area contributed by atoms with E-state index >= 15 is 0 Å². The molecule has 2 N–H and O–H groups in total. The monoisotopic (exact) mass is 472 g/mol. The predicted octanol–water partition coefficient (Wildman–Crippen LogP) is 2.84. The van der Waals surface area contributed by atoms with Gasteiger partial charge >= 0.3 is 0 Å². The van der Waals surface area contributed by atoms with Crippen LogP contribution in [0.1, 0.15) is 66.6 Å². The van der Waals surface area contributed by atoms with Crippen LogP contribution in [0.15, 0.2) is 35.4 Å². The summed E-state index contributed by atoms with van der Waals surface area (Å²) in [4.78, 5) is 37.7. The molecule has 6 aliphatic rings. The quantitative estimate of drug-likeness (QED) is 0.702. The summed E-state index contributed by atoms with van der Waals surface area (Å²) in [6, 6.07) is 7.53. The van der Waals surface area contributed by atoms with Crippen LogP contribution in [0.4, 0.5) is 0 Å². The Labute approximate surface area is 204 Å². The lowest BCUT2D eigenvalue weighted by Crippen LogP contribution is -2.71. The van der Waals surface area contributed by atoms with Crippen molar-refractivity contribution in [1.82, 2.24) is 19.8 Å². The number of nitrogens with one attached hydrogen (secondary N) is 1. The van der Waals surface area contributed by atoms with E-state index in [1.807, 2.05) is 11.0 Å². The molecule has 1 aromatic heterocycles. The molecule has 2 saturated heterocycles. The number of piperidine rings is 1. The Hall–Kier alpha value is -2.67. The second-order valence-corrected chi connectivity index (χ2v) is 12.1. The highest BCUT2D eigenvalue weighted by Gasteiger charge is 2.76. The Morgan fingerprint density at radius 1 is 1.20 bits per heavy atom. The van der Waals surface area contributed by atoms with E-state index in [1.165, 1.54) is 42.8 Å². The molecular weight excluding hydrogens is 440 g/mol. The number of rotatable bonds is 2. The van der Waals surface area contributed by atoms with E-state index in [2.05, 4.69) is 27.0 Å². The molecular formula is C28H32N4O3. The molecule has 3 saturated carbocycles. The fourth-order valence-electron chi connectivity index (χ4n) is 10.1. The molecule has 2 aromatic rings. The predicted molar refractivity (Wildman–Crippen MR) is 129 cm³/mol. The number of hydrogen-bond acceptors (Lipinski definition) is 5. The average molecular weight is 473 g/mol. The number of hydrogen-bond donors (Lipinski definition) is 2. The molecule has 2 aliphatic heterocycles. The number of benzene rings is 1. The summed E-state index contributed by atoms with van der Waals surface area (Å²) >= 11 is 0. The molecule has 1 amide bonds. The SMILES string of the molecule is O=C(c1ncc[nH]c1=O)N1C[C@H]2CC34CCC1C2C31CCN(C2CCC2)C4Cc2ccc(O)cc21. The first-order chi connectivity index (χ1) is 17.0. The molecule has 6 atom stereocenters. The Morgan fingerprint density at radius 2 is 2.09 bits per heavy atom. The highest BCUT2D eigenvalue weighted by atomic mass is 16.3. The zero-order chi connectivity index (χ0) is 23.5. The van der Waals surface area contributed by atoms with E-state index in [0.717, 1.165) is 51.2 Å². The Bertz CT molecular complexity index is 1300. The van der Waals surface area contributed by atoms with Gasteiger partial charge in [-0.3, -0.25) is 14.5 Å². The highest BCUT2D eigenvalue weighted by molar-refractivity contribution is 5.92. The Kier molecular flexibility index (Phi) is 3.96. The Balaban J connectivity index is 1.27. The topological polar surface area (TPSA) is 89.5 Å². The summed E-state index contributed by atoms with van der Waals surface area (Å²) in [5.41, 5.74) is 2.61. The smallest absolute Gasteiger partial charge is 0.279 e. The van der Waals surface area contributed by atoms with E-state index in [1.54, 1.807) is 0 Å². The molecule has 0 radical (unpaired) electrons. The maximum atomic E-state index is 13.6. The van der Waals surface area contributed by atoms with Gasteiger partial charge in [-0.25, -0.2) is 4.98 Å². The van der Waals surface area contributed by atoms with Crippen LogP contribution in [0, 0.1) is 17.3 Å². The van der Waals surface area contributed by atoms with E-state index < -0.39 is 5.56 Å². The normalized spacial score (nSPS) is 39.1. The third-order valence-electron chi connectivity index (χ3n) is 11.2. The zero-order valence-electron chi connectivity index (χ0n) is 19.9. The number of carbonyl (C=O) groups is 1. The number of phenolic OH excluding ortho intramolecular Hbond substituents is 1. The number of H-pyrrole nitrogens is 1. The number of phenols is 1. The molecule has 182 valence electrons. The summed E-state index contributed by atoms with van der Waals surface area (Å²) in [7, 11) is 0. The second kappa shape index (κ2) is 6.75. The van der Waals surface area contributed by atoms with Crippen molar-refractivity contribution < 1.29 is 9.90 Å². The van der Waals surface area contributed by atoms with Crippen molar-refractivity contribution >= 4 is 5.91 Å². The van der Waals surface area contributed by atoms with Crippen LogP contribution in [0.5, 0.6) is 5.75 Å². The van der Waals surface area contributed by atoms with Crippen LogP contribution in [0.3, 0.4) is 0 Å². The molecule has 7 heteroatoms. The number of fused-ring (bicyclic) bond motifs is 1. The van der Waals surface area contributed by atoms with Gasteiger partial charge in [-0.15, -0.1) is 0 Å². The van der Waals surface area contributed by atoms with Gasteiger partial charge in [0.15, 0.2) is 5.69 Å². The second-order valence-electron chi connectivity index (χ2n) is 12.1. The van der Waals surface area contributed by atoms with Crippen molar-refractivity contribution in [2.45, 2.75) is 74.9 Å². The number of aromatic nitrogens is 2. The number of amides is 1. The summed E-state index contributed by atoms with van der Waals surface area (Å²) < 4.78 is 0. The fraction of sp³-hybridized carbons (Fsp3) is 0.607. The van der Waals surface area contributed by atoms with Crippen molar-refractivity contribution in [2.75, 3.05) is 13.1 Å². The molecule has 3 heterocycles. The maximum absolute atomic E-state index is 13.6. The molecule has 4 aliphatic carbocycles. The van der Waals surface area contributed by atoms with E-state index in [0.29, 0.717) is 23.6 Å². The van der Waals surface area contributed by atoms with E-state index in [9.17, 15) is 14.7 Å². The number of aromatic hydroxyl groups is 1. The molecule has 4 bridgehead atoms. The molecule has 5 fully saturated rings. The first-order valence-corrected chi connectivity index (χ1v) is 13.5. The summed E-state index contributed by atoms with van der Waals surface area (Å²) in [5.74, 6) is 0.963. The molecule has 5 unspecified atom stereocenters. The van der Waals surface area contributed by atoms with Crippen LogP contribution in [-0.4, -0.2) is 62.0 Å². The van der Waals surface area contributed by atoms with Gasteiger partial charge < -0.3 is 15.0 Å². The van der Waals surface area contributed by atoms with E-state index in [-0.39, 0.29) is 28.5 Å². The van der Waals surface area contributed by atoms with Gasteiger partial charge in [-0.05, 0) is 92.0 Å². The van der Waals surface area contributed by atoms with Crippen LogP contribution in [0.2, 0.25) is 0 Å². The maximum Gasteiger partial charge on any atom is 0.279 e. The highest BCUT2D eigenvalue weighted by Crippen LogP contribution is 2.75. The van der Waals surface area contributed by atoms with Crippen molar-refractivity contribution in [1.29, 1.82) is 0 Å². The molecule has 0 spiro atoms. The standard InChI is InChI=1S/C28H32N4O3/c33-19-5-4-16-12-22-27-7-6-21-23(28(27,20(16)13-19)8-11-31(22)18-2-1-3-18)17(14-27)15-32(21)26(35)24-25(34)30-10-9-29-24/h4-5,9-10,13,17-18,21-23,33H,1-3,6-8,11-12,14-15H2,(H,30,34)/t17-,21?,22?,23?,27?,28?/m1/s1. The molecule has 1 aromatic carbocycles. The summed E-state index contributed by atoms with van der Waals surface area (Å²) in [6.07, 6.45) is 12.5. The van der Waals surface area contributed by atoms with Gasteiger partial charge in [0.05, 0.1) is 0 Å². The lowest BCUT2D eigenvalue weighted by molar-refractivity contribution is -0.122. The van der Waals surface area contributed by atoms with Crippen molar-refractivity contribution in [2.24, 2.45) is 17.3 Å². The van der Waals surface area contributed by atoms with Gasteiger partial charge in [0.2, 0.25) is 0 Å². The van der Waals surface area contributed by atoms with Crippen LogP contribution in [-0.2, 0) is 11.8 Å². The van der Waals surface area contributed by atoms with Gasteiger partial charge in [-0.1, -0.05) is 12.5 Å². The Morgan fingerprint density at radius 3 is 2.89 bits per heavy atom. The number of aromatic amines is 1. The lowest BCUT2D eigenvalue weighted by atomic mass is 9.43. The minimum Gasteiger partial charge on any atom is -0.508 e. The van der Waals surface area contributed by atoms with E-state index in [4.69, 9.17) is 0 Å². The zero-order valence-corrected chi connectivity index (χ0v) is 19.9. The first-order valence-electron chi connectivity index (χ1n) is 13.5. The van der Waals surface area contributed by atoms with Crippen LogP contribution >= 0.6 is 0 Å². The van der Waals surface area contributed by atoms with Gasteiger partial charge in [0.1, 0.15) is 5.75 Å². The molecule has 8 rings (SSSR count). The largest absolute Gasteiger partial charge is 0.508 e. The minimum absolute atomic E-state index is 0.00336. The first kappa shape index (κ1) is 20.5. The number of carbonyl (C=O) groups excluding carboxylic acids is 1. The third kappa shape index (κ3) is 2.34. The summed E-state index contributed by atoms with van der Waals surface area (Å²) in [5, 5.41) is 10.6. The molecule has 35 heavy (non-hydrogen) atoms. The van der Waals surface area contributed by atoms with Crippen molar-refractivity contribution in [3.63, 3.8) is 0 Å². The third-order valence-corrected chi connectivity index (χ3v) is 11.2. The molecule has 7 nitrogen and oxygen atoms in total. The van der Waals surface area contributed by atoms with Gasteiger partial charge in [0.25, 0.3) is 11.5 Å². The number of likely N-dealkylation sites (tertiary alicyclic amines) is 2.